The van der Waals surface area contributed by atoms with Crippen LogP contribution in [-0.2, 0) is 28.7 Å². The summed E-state index contributed by atoms with van der Waals surface area (Å²) in [6.07, 6.45) is 1.23. The van der Waals surface area contributed by atoms with Crippen molar-refractivity contribution < 1.29 is 28.7 Å². The standard InChI is InChI=1S/C18H23N3O6/c1-3-7-13(20-11-22)16(24)17(25)19-10-14(23)21-15(18(26)27-2)12-8-5-4-6-9-12/h4-6,8-9,11,13,15H,3,7,10H2,1-2H3,(H,19,25)(H,20,22)(H,21,23). The summed E-state index contributed by atoms with van der Waals surface area (Å²) in [4.78, 5) is 58.4. The molecule has 1 rings (SSSR count). The molecule has 9 heteroatoms. The molecule has 27 heavy (non-hydrogen) atoms. The molecule has 146 valence electrons. The molecule has 3 amide bonds. The fourth-order valence-corrected chi connectivity index (χ4v) is 2.32. The zero-order valence-corrected chi connectivity index (χ0v) is 15.2. The molecular formula is C18H23N3O6. The van der Waals surface area contributed by atoms with Crippen molar-refractivity contribution in [2.45, 2.75) is 31.8 Å². The number of nitrogens with one attached hydrogen (secondary N) is 3. The summed E-state index contributed by atoms with van der Waals surface area (Å²) in [5, 5.41) is 6.91. The minimum absolute atomic E-state index is 0.301. The number of carbonyl (C=O) groups is 5. The first-order valence-corrected chi connectivity index (χ1v) is 8.38. The van der Waals surface area contributed by atoms with Gasteiger partial charge in [-0.15, -0.1) is 0 Å². The Morgan fingerprint density at radius 1 is 1.15 bits per heavy atom. The third kappa shape index (κ3) is 6.89. The van der Waals surface area contributed by atoms with E-state index in [1.54, 1.807) is 37.3 Å². The topological polar surface area (TPSA) is 131 Å². The van der Waals surface area contributed by atoms with Crippen molar-refractivity contribution in [1.82, 2.24) is 16.0 Å². The average Bonchev–Trinajstić information content (AvgIpc) is 2.69. The molecule has 0 aliphatic heterocycles. The molecule has 3 N–H and O–H groups in total. The van der Waals surface area contributed by atoms with Crippen LogP contribution >= 0.6 is 0 Å². The van der Waals surface area contributed by atoms with Crippen LogP contribution in [0.25, 0.3) is 0 Å². The van der Waals surface area contributed by atoms with E-state index < -0.39 is 42.2 Å². The lowest BCUT2D eigenvalue weighted by Gasteiger charge is -2.17. The number of hydrogen-bond donors (Lipinski definition) is 3. The van der Waals surface area contributed by atoms with Crippen LogP contribution in [0, 0.1) is 0 Å². The number of amides is 3. The van der Waals surface area contributed by atoms with Crippen LogP contribution in [0.2, 0.25) is 0 Å². The summed E-state index contributed by atoms with van der Waals surface area (Å²) in [6, 6.07) is 6.46. The molecule has 1 aromatic rings. The quantitative estimate of drug-likeness (QED) is 0.274. The van der Waals surface area contributed by atoms with Gasteiger partial charge < -0.3 is 20.7 Å². The van der Waals surface area contributed by atoms with E-state index in [1.165, 1.54) is 7.11 Å². The fourth-order valence-electron chi connectivity index (χ4n) is 2.32. The highest BCUT2D eigenvalue weighted by Gasteiger charge is 2.26. The Labute approximate surface area is 156 Å². The Morgan fingerprint density at radius 3 is 2.37 bits per heavy atom. The predicted molar refractivity (Wildman–Crippen MR) is 95.3 cm³/mol. The minimum atomic E-state index is -1.04. The molecule has 2 atom stereocenters. The first-order valence-electron chi connectivity index (χ1n) is 8.38. The highest BCUT2D eigenvalue weighted by atomic mass is 16.5. The van der Waals surface area contributed by atoms with Gasteiger partial charge in [-0.25, -0.2) is 4.79 Å². The molecule has 0 saturated carbocycles. The Bertz CT molecular complexity index is 677. The first-order chi connectivity index (χ1) is 12.9. The maximum atomic E-state index is 12.1. The van der Waals surface area contributed by atoms with Gasteiger partial charge in [0.1, 0.15) is 0 Å². The van der Waals surface area contributed by atoms with Gasteiger partial charge in [-0.2, -0.15) is 0 Å². The van der Waals surface area contributed by atoms with E-state index in [0.717, 1.165) is 0 Å². The normalized spacial score (nSPS) is 12.2. The molecular weight excluding hydrogens is 354 g/mol. The maximum Gasteiger partial charge on any atom is 0.333 e. The second kappa shape index (κ2) is 11.4. The molecule has 0 bridgehead atoms. The minimum Gasteiger partial charge on any atom is -0.467 e. The summed E-state index contributed by atoms with van der Waals surface area (Å²) in [5.74, 6) is -3.18. The third-order valence-electron chi connectivity index (χ3n) is 3.67. The van der Waals surface area contributed by atoms with Crippen LogP contribution in [0.3, 0.4) is 0 Å². The summed E-state index contributed by atoms with van der Waals surface area (Å²) in [7, 11) is 1.19. The Balaban J connectivity index is 2.66. The largest absolute Gasteiger partial charge is 0.467 e. The second-order valence-corrected chi connectivity index (χ2v) is 5.61. The number of esters is 1. The highest BCUT2D eigenvalue weighted by molar-refractivity contribution is 6.38. The summed E-state index contributed by atoms with van der Waals surface area (Å²) >= 11 is 0. The number of benzene rings is 1. The van der Waals surface area contributed by atoms with E-state index in [1.807, 2.05) is 0 Å². The number of ether oxygens (including phenoxy) is 1. The average molecular weight is 377 g/mol. The number of hydrogen-bond acceptors (Lipinski definition) is 6. The smallest absolute Gasteiger partial charge is 0.333 e. The van der Waals surface area contributed by atoms with E-state index in [4.69, 9.17) is 0 Å². The van der Waals surface area contributed by atoms with Gasteiger partial charge in [0.15, 0.2) is 6.04 Å². The van der Waals surface area contributed by atoms with Gasteiger partial charge in [-0.05, 0) is 12.0 Å². The molecule has 1 aromatic carbocycles. The summed E-state index contributed by atoms with van der Waals surface area (Å²) < 4.78 is 4.68. The van der Waals surface area contributed by atoms with E-state index in [9.17, 15) is 24.0 Å². The summed E-state index contributed by atoms with van der Waals surface area (Å²) in [5.41, 5.74) is 0.512. The maximum absolute atomic E-state index is 12.1. The fraction of sp³-hybridized carbons (Fsp3) is 0.389. The molecule has 0 radical (unpaired) electrons. The van der Waals surface area contributed by atoms with Crippen LogP contribution in [-0.4, -0.2) is 49.7 Å². The zero-order chi connectivity index (χ0) is 20.2. The highest BCUT2D eigenvalue weighted by Crippen LogP contribution is 2.13. The number of Topliss-reactive ketones (excluding diaryl/α,β-unsaturated/α-hetero) is 1. The van der Waals surface area contributed by atoms with Crippen LogP contribution in [0.4, 0.5) is 0 Å². The Hall–Kier alpha value is -3.23. The molecule has 9 nitrogen and oxygen atoms in total. The van der Waals surface area contributed by atoms with Gasteiger partial charge in [-0.3, -0.25) is 19.2 Å². The Morgan fingerprint density at radius 2 is 1.81 bits per heavy atom. The van der Waals surface area contributed by atoms with Crippen molar-refractivity contribution in [2.75, 3.05) is 13.7 Å². The van der Waals surface area contributed by atoms with Gasteiger partial charge in [0.25, 0.3) is 5.91 Å². The molecule has 0 saturated heterocycles. The molecule has 0 fully saturated rings. The van der Waals surface area contributed by atoms with Crippen molar-refractivity contribution in [3.8, 4) is 0 Å². The molecule has 0 aliphatic rings. The van der Waals surface area contributed by atoms with Gasteiger partial charge in [0.2, 0.25) is 18.1 Å². The van der Waals surface area contributed by atoms with Crippen molar-refractivity contribution in [3.63, 3.8) is 0 Å². The van der Waals surface area contributed by atoms with Gasteiger partial charge in [-0.1, -0.05) is 43.7 Å². The first kappa shape index (κ1) is 21.8. The lowest BCUT2D eigenvalue weighted by Crippen LogP contribution is -2.48. The van der Waals surface area contributed by atoms with Crippen molar-refractivity contribution >= 4 is 30.0 Å². The van der Waals surface area contributed by atoms with Crippen LogP contribution in [0.15, 0.2) is 30.3 Å². The SMILES string of the molecule is CCCC(NC=O)C(=O)C(=O)NCC(=O)NC(C(=O)OC)c1ccccc1. The lowest BCUT2D eigenvalue weighted by molar-refractivity contribution is -0.145. The van der Waals surface area contributed by atoms with Crippen molar-refractivity contribution in [1.29, 1.82) is 0 Å². The molecule has 2 unspecified atom stereocenters. The van der Waals surface area contributed by atoms with Gasteiger partial charge in [0, 0.05) is 0 Å². The van der Waals surface area contributed by atoms with Gasteiger partial charge >= 0.3 is 5.97 Å². The lowest BCUT2D eigenvalue weighted by atomic mass is 10.1. The van der Waals surface area contributed by atoms with Crippen LogP contribution in [0.1, 0.15) is 31.4 Å². The van der Waals surface area contributed by atoms with Crippen molar-refractivity contribution in [2.24, 2.45) is 0 Å². The number of carbonyl (C=O) groups excluding carboxylic acids is 5. The van der Waals surface area contributed by atoms with Crippen molar-refractivity contribution in [3.05, 3.63) is 35.9 Å². The van der Waals surface area contributed by atoms with Gasteiger partial charge in [0.05, 0.1) is 19.7 Å². The number of ketones is 1. The monoisotopic (exact) mass is 377 g/mol. The number of methoxy groups -OCH3 is 1. The molecule has 0 aliphatic carbocycles. The summed E-state index contributed by atoms with van der Waals surface area (Å²) in [6.45, 7) is 1.29. The number of rotatable bonds is 11. The molecule has 0 spiro atoms. The van der Waals surface area contributed by atoms with E-state index in [-0.39, 0.29) is 0 Å². The van der Waals surface area contributed by atoms with Crippen LogP contribution in [0.5, 0.6) is 0 Å². The second-order valence-electron chi connectivity index (χ2n) is 5.61. The zero-order valence-electron chi connectivity index (χ0n) is 15.2. The predicted octanol–water partition coefficient (Wildman–Crippen LogP) is -0.383. The van der Waals surface area contributed by atoms with E-state index in [2.05, 4.69) is 20.7 Å². The molecule has 0 heterocycles. The molecule has 0 aromatic heterocycles. The third-order valence-corrected chi connectivity index (χ3v) is 3.67. The Kier molecular flexibility index (Phi) is 9.21. The van der Waals surface area contributed by atoms with Crippen LogP contribution < -0.4 is 16.0 Å². The van der Waals surface area contributed by atoms with E-state index >= 15 is 0 Å². The van der Waals surface area contributed by atoms with E-state index in [0.29, 0.717) is 24.8 Å².